The van der Waals surface area contributed by atoms with Gasteiger partial charge in [-0.3, -0.25) is 24.6 Å². The highest BCUT2D eigenvalue weighted by Crippen LogP contribution is 2.38. The summed E-state index contributed by atoms with van der Waals surface area (Å²) >= 11 is 0. The zero-order valence-corrected chi connectivity index (χ0v) is 15.3. The fourth-order valence-corrected chi connectivity index (χ4v) is 3.87. The highest BCUT2D eigenvalue weighted by molar-refractivity contribution is 6.10. The minimum absolute atomic E-state index is 0.00973. The van der Waals surface area contributed by atoms with Gasteiger partial charge < -0.3 is 10.6 Å². The molecule has 9 heteroatoms. The molecule has 27 heavy (non-hydrogen) atoms. The van der Waals surface area contributed by atoms with E-state index in [-0.39, 0.29) is 23.2 Å². The highest BCUT2D eigenvalue weighted by atomic mass is 16.6. The van der Waals surface area contributed by atoms with Gasteiger partial charge in [-0.1, -0.05) is 25.8 Å². The summed E-state index contributed by atoms with van der Waals surface area (Å²) in [6.07, 6.45) is 3.28. The summed E-state index contributed by atoms with van der Waals surface area (Å²) in [6, 6.07) is 3.75. The van der Waals surface area contributed by atoms with Gasteiger partial charge in [-0.15, -0.1) is 0 Å². The number of nitrogens with zero attached hydrogens (tertiary/aromatic N) is 2. The number of hydrogen-bond donors (Lipinski definition) is 2. The molecule has 0 bridgehead atoms. The van der Waals surface area contributed by atoms with Crippen molar-refractivity contribution in [3.8, 4) is 0 Å². The second kappa shape index (κ2) is 6.98. The molecule has 1 aromatic rings. The molecule has 2 fully saturated rings. The van der Waals surface area contributed by atoms with Crippen LogP contribution in [0.3, 0.4) is 0 Å². The van der Waals surface area contributed by atoms with Crippen molar-refractivity contribution >= 4 is 29.2 Å². The maximum atomic E-state index is 12.9. The van der Waals surface area contributed by atoms with Crippen molar-refractivity contribution in [1.29, 1.82) is 0 Å². The second-order valence-corrected chi connectivity index (χ2v) is 7.25. The third-order valence-corrected chi connectivity index (χ3v) is 5.49. The summed E-state index contributed by atoms with van der Waals surface area (Å²) in [4.78, 5) is 48.9. The average molecular weight is 374 g/mol. The van der Waals surface area contributed by atoms with E-state index in [0.717, 1.165) is 24.2 Å². The molecule has 1 saturated heterocycles. The number of nitrogens with one attached hydrogen (secondary N) is 2. The van der Waals surface area contributed by atoms with E-state index in [1.54, 1.807) is 6.92 Å². The van der Waals surface area contributed by atoms with E-state index >= 15 is 0 Å². The molecule has 2 N–H and O–H groups in total. The van der Waals surface area contributed by atoms with Crippen LogP contribution in [0.2, 0.25) is 0 Å². The fraction of sp³-hybridized carbons (Fsp3) is 0.500. The molecule has 1 aliphatic heterocycles. The van der Waals surface area contributed by atoms with Crippen LogP contribution in [-0.2, 0) is 9.59 Å². The van der Waals surface area contributed by atoms with Crippen molar-refractivity contribution in [2.75, 3.05) is 11.9 Å². The van der Waals surface area contributed by atoms with Crippen LogP contribution < -0.4 is 10.6 Å². The van der Waals surface area contributed by atoms with Crippen LogP contribution in [0, 0.1) is 23.0 Å². The molecule has 0 radical (unpaired) electrons. The molecule has 1 saturated carbocycles. The van der Waals surface area contributed by atoms with E-state index < -0.39 is 28.9 Å². The van der Waals surface area contributed by atoms with Gasteiger partial charge in [-0.2, -0.15) is 0 Å². The third-order valence-electron chi connectivity index (χ3n) is 5.49. The van der Waals surface area contributed by atoms with E-state index in [2.05, 4.69) is 10.6 Å². The highest BCUT2D eigenvalue weighted by Gasteiger charge is 2.55. The van der Waals surface area contributed by atoms with Crippen LogP contribution in [0.25, 0.3) is 0 Å². The average Bonchev–Trinajstić information content (AvgIpc) is 2.84. The van der Waals surface area contributed by atoms with Crippen molar-refractivity contribution in [3.63, 3.8) is 0 Å². The molecule has 1 heterocycles. The van der Waals surface area contributed by atoms with Crippen LogP contribution in [0.5, 0.6) is 0 Å². The second-order valence-electron chi connectivity index (χ2n) is 7.25. The van der Waals surface area contributed by atoms with Crippen molar-refractivity contribution in [1.82, 2.24) is 10.2 Å². The quantitative estimate of drug-likeness (QED) is 0.476. The van der Waals surface area contributed by atoms with Crippen molar-refractivity contribution in [2.45, 2.75) is 45.1 Å². The lowest BCUT2D eigenvalue weighted by atomic mass is 9.73. The first-order valence-electron chi connectivity index (χ1n) is 8.93. The lowest BCUT2D eigenvalue weighted by Gasteiger charge is -2.36. The number of hydrogen-bond acceptors (Lipinski definition) is 5. The topological polar surface area (TPSA) is 122 Å². The van der Waals surface area contributed by atoms with Gasteiger partial charge in [-0.25, -0.2) is 4.79 Å². The summed E-state index contributed by atoms with van der Waals surface area (Å²) in [6.45, 7) is 3.11. The standard InChI is InChI=1S/C18H22N4O5/c1-11-6-7-13(9-14(11)22(26)27)19-15(23)10-21-16(24)18(20-17(21)25)8-4-3-5-12(18)2/h6-7,9,12H,3-5,8,10H2,1-2H3,(H,19,23)(H,20,25)/t12-,18-/m1/s1. The first kappa shape index (κ1) is 18.8. The first-order chi connectivity index (χ1) is 12.7. The van der Waals surface area contributed by atoms with Crippen LogP contribution >= 0.6 is 0 Å². The Labute approximate surface area is 156 Å². The molecule has 1 aliphatic carbocycles. The molecule has 2 aliphatic rings. The molecule has 2 atom stereocenters. The SMILES string of the molecule is Cc1ccc(NC(=O)CN2C(=O)N[C@@]3(CCCC[C@H]3C)C2=O)cc1[N+](=O)[O-]. The van der Waals surface area contributed by atoms with Crippen LogP contribution in [0.4, 0.5) is 16.2 Å². The Bertz CT molecular complexity index is 824. The molecule has 4 amide bonds. The minimum atomic E-state index is -0.918. The van der Waals surface area contributed by atoms with Gasteiger partial charge in [0.15, 0.2) is 0 Å². The fourth-order valence-electron chi connectivity index (χ4n) is 3.87. The zero-order chi connectivity index (χ0) is 19.8. The Morgan fingerprint density at radius 1 is 1.41 bits per heavy atom. The number of imide groups is 1. The molecular weight excluding hydrogens is 352 g/mol. The van der Waals surface area contributed by atoms with Gasteiger partial charge >= 0.3 is 6.03 Å². The smallest absolute Gasteiger partial charge is 0.324 e. The largest absolute Gasteiger partial charge is 0.325 e. The maximum Gasteiger partial charge on any atom is 0.325 e. The van der Waals surface area contributed by atoms with Gasteiger partial charge in [-0.05, 0) is 31.7 Å². The normalized spacial score (nSPS) is 24.8. The first-order valence-corrected chi connectivity index (χ1v) is 8.93. The van der Waals surface area contributed by atoms with E-state index in [4.69, 9.17) is 0 Å². The minimum Gasteiger partial charge on any atom is -0.324 e. The zero-order valence-electron chi connectivity index (χ0n) is 15.3. The molecular formula is C18H22N4O5. The maximum absolute atomic E-state index is 12.9. The summed E-state index contributed by atoms with van der Waals surface area (Å²) in [5.74, 6) is -0.947. The Hall–Kier alpha value is -2.97. The Balaban J connectivity index is 1.71. The molecule has 144 valence electrons. The molecule has 0 unspecified atom stereocenters. The van der Waals surface area contributed by atoms with Gasteiger partial charge in [0.05, 0.1) is 4.92 Å². The van der Waals surface area contributed by atoms with E-state index in [0.29, 0.717) is 12.0 Å². The predicted molar refractivity (Wildman–Crippen MR) is 97.1 cm³/mol. The van der Waals surface area contributed by atoms with Crippen LogP contribution in [-0.4, -0.2) is 39.8 Å². The molecule has 3 rings (SSSR count). The predicted octanol–water partition coefficient (Wildman–Crippen LogP) is 2.34. The number of carbonyl (C=O) groups is 3. The number of aryl methyl sites for hydroxylation is 1. The molecule has 1 spiro atoms. The lowest BCUT2D eigenvalue weighted by molar-refractivity contribution is -0.385. The number of carbonyl (C=O) groups excluding carboxylic acids is 3. The van der Waals surface area contributed by atoms with Gasteiger partial charge in [0.2, 0.25) is 5.91 Å². The number of amides is 4. The van der Waals surface area contributed by atoms with E-state index in [9.17, 15) is 24.5 Å². The van der Waals surface area contributed by atoms with Crippen molar-refractivity contribution in [2.24, 2.45) is 5.92 Å². The number of benzene rings is 1. The van der Waals surface area contributed by atoms with Gasteiger partial charge in [0.1, 0.15) is 12.1 Å². The van der Waals surface area contributed by atoms with E-state index in [1.165, 1.54) is 18.2 Å². The molecule has 0 aromatic heterocycles. The van der Waals surface area contributed by atoms with Crippen molar-refractivity contribution < 1.29 is 19.3 Å². The number of nitro benzene ring substituents is 1. The Morgan fingerprint density at radius 2 is 2.15 bits per heavy atom. The third kappa shape index (κ3) is 3.36. The summed E-state index contributed by atoms with van der Waals surface area (Å²) in [5.41, 5.74) is -0.318. The number of urea groups is 1. The van der Waals surface area contributed by atoms with Crippen LogP contribution in [0.1, 0.15) is 38.2 Å². The summed E-state index contributed by atoms with van der Waals surface area (Å²) in [5, 5.41) is 16.3. The van der Waals surface area contributed by atoms with Gasteiger partial charge in [0.25, 0.3) is 11.6 Å². The summed E-state index contributed by atoms with van der Waals surface area (Å²) in [7, 11) is 0. The van der Waals surface area contributed by atoms with E-state index in [1.807, 2.05) is 6.92 Å². The van der Waals surface area contributed by atoms with Crippen molar-refractivity contribution in [3.05, 3.63) is 33.9 Å². The number of nitro groups is 1. The Kier molecular flexibility index (Phi) is 4.86. The van der Waals surface area contributed by atoms with Crippen LogP contribution in [0.15, 0.2) is 18.2 Å². The van der Waals surface area contributed by atoms with Gasteiger partial charge in [0, 0.05) is 17.3 Å². The molecule has 1 aromatic carbocycles. The summed E-state index contributed by atoms with van der Waals surface area (Å²) < 4.78 is 0. The molecule has 9 nitrogen and oxygen atoms in total. The lowest BCUT2D eigenvalue weighted by Crippen LogP contribution is -2.54. The number of rotatable bonds is 4. The number of anilines is 1. The monoisotopic (exact) mass is 374 g/mol. The Morgan fingerprint density at radius 3 is 2.81 bits per heavy atom.